The van der Waals surface area contributed by atoms with Crippen LogP contribution in [-0.4, -0.2) is 24.3 Å². The number of allylic oxidation sites excluding steroid dienone is 4. The van der Waals surface area contributed by atoms with Crippen LogP contribution in [0.5, 0.6) is 0 Å². The van der Waals surface area contributed by atoms with Gasteiger partial charge >= 0.3 is 0 Å². The Bertz CT molecular complexity index is 778. The number of benzene rings is 1. The zero-order valence-corrected chi connectivity index (χ0v) is 16.4. The highest BCUT2D eigenvalue weighted by molar-refractivity contribution is 5.73. The lowest BCUT2D eigenvalue weighted by molar-refractivity contribution is 0.0839. The maximum Gasteiger partial charge on any atom is 0.124 e. The second kappa shape index (κ2) is 11.0. The molecule has 1 aromatic rings. The first-order chi connectivity index (χ1) is 12.8. The molecule has 0 aliphatic carbocycles. The van der Waals surface area contributed by atoms with Gasteiger partial charge in [0.25, 0.3) is 0 Å². The van der Waals surface area contributed by atoms with Crippen LogP contribution in [0.15, 0.2) is 60.5 Å². The second-order valence-corrected chi connectivity index (χ2v) is 6.66. The van der Waals surface area contributed by atoms with E-state index in [0.717, 1.165) is 11.3 Å². The fourth-order valence-electron chi connectivity index (χ4n) is 2.32. The van der Waals surface area contributed by atoms with Crippen LogP contribution in [0, 0.1) is 17.1 Å². The van der Waals surface area contributed by atoms with Crippen molar-refractivity contribution in [2.45, 2.75) is 32.8 Å². The third-order valence-electron chi connectivity index (χ3n) is 3.72. The van der Waals surface area contributed by atoms with Crippen molar-refractivity contribution in [2.24, 2.45) is 0 Å². The van der Waals surface area contributed by atoms with Gasteiger partial charge in [0.2, 0.25) is 0 Å². The Balaban J connectivity index is 3.02. The van der Waals surface area contributed by atoms with Crippen molar-refractivity contribution >= 4 is 5.57 Å². The van der Waals surface area contributed by atoms with Crippen molar-refractivity contribution in [1.82, 2.24) is 10.6 Å². The molecule has 0 heterocycles. The van der Waals surface area contributed by atoms with Gasteiger partial charge in [-0.25, -0.2) is 4.39 Å². The fraction of sp³-hybridized carbons (Fsp3) is 0.318. The molecule has 1 aromatic carbocycles. The molecular formula is C22H28FN3O. The molecule has 27 heavy (non-hydrogen) atoms. The highest BCUT2D eigenvalue weighted by Crippen LogP contribution is 2.20. The highest BCUT2D eigenvalue weighted by Gasteiger charge is 2.10. The third kappa shape index (κ3) is 8.39. The average molecular weight is 369 g/mol. The van der Waals surface area contributed by atoms with Gasteiger partial charge in [0, 0.05) is 19.3 Å². The molecule has 0 aliphatic heterocycles. The van der Waals surface area contributed by atoms with E-state index in [2.05, 4.69) is 16.7 Å². The molecule has 0 saturated heterocycles. The monoisotopic (exact) mass is 369 g/mol. The van der Waals surface area contributed by atoms with Crippen LogP contribution >= 0.6 is 0 Å². The van der Waals surface area contributed by atoms with Gasteiger partial charge in [0.1, 0.15) is 5.82 Å². The molecule has 0 atom stereocenters. The predicted octanol–water partition coefficient (Wildman–Crippen LogP) is 4.02. The number of hydrogen-bond acceptors (Lipinski definition) is 4. The normalized spacial score (nSPS) is 13.2. The highest BCUT2D eigenvalue weighted by atomic mass is 19.1. The minimum Gasteiger partial charge on any atom is -0.394 e. The number of rotatable bonds is 9. The molecule has 0 aromatic heterocycles. The summed E-state index contributed by atoms with van der Waals surface area (Å²) in [5.74, 6) is -0.433. The first kappa shape index (κ1) is 22.2. The largest absolute Gasteiger partial charge is 0.394 e. The molecule has 0 radical (unpaired) electrons. The molecule has 0 saturated carbocycles. The summed E-state index contributed by atoms with van der Waals surface area (Å²) in [5.41, 5.74) is 1.97. The minimum atomic E-state index is -0.756. The molecule has 144 valence electrons. The first-order valence-corrected chi connectivity index (χ1v) is 8.83. The van der Waals surface area contributed by atoms with Crippen LogP contribution in [0.2, 0.25) is 0 Å². The molecular weight excluding hydrogens is 341 g/mol. The van der Waals surface area contributed by atoms with E-state index in [0.29, 0.717) is 24.1 Å². The number of aliphatic hydroxyl groups is 1. The molecule has 4 nitrogen and oxygen atoms in total. The number of hydrogen-bond donors (Lipinski definition) is 3. The van der Waals surface area contributed by atoms with E-state index in [-0.39, 0.29) is 0 Å². The Morgan fingerprint density at radius 3 is 2.70 bits per heavy atom. The summed E-state index contributed by atoms with van der Waals surface area (Å²) in [7, 11) is 1.80. The summed E-state index contributed by atoms with van der Waals surface area (Å²) in [6, 6.07) is 6.27. The molecule has 0 fully saturated rings. The quantitative estimate of drug-likeness (QED) is 0.575. The molecule has 0 spiro atoms. The van der Waals surface area contributed by atoms with E-state index < -0.39 is 11.4 Å². The predicted molar refractivity (Wildman–Crippen MR) is 109 cm³/mol. The fourth-order valence-corrected chi connectivity index (χ4v) is 2.32. The van der Waals surface area contributed by atoms with Crippen molar-refractivity contribution in [3.63, 3.8) is 0 Å². The van der Waals surface area contributed by atoms with E-state index in [4.69, 9.17) is 0 Å². The van der Waals surface area contributed by atoms with Gasteiger partial charge in [-0.3, -0.25) is 0 Å². The van der Waals surface area contributed by atoms with Crippen LogP contribution in [0.25, 0.3) is 5.57 Å². The second-order valence-electron chi connectivity index (χ2n) is 6.66. The lowest BCUT2D eigenvalue weighted by Gasteiger charge is -2.15. The smallest absolute Gasteiger partial charge is 0.124 e. The van der Waals surface area contributed by atoms with Crippen LogP contribution in [-0.2, 0) is 0 Å². The Kier molecular flexibility index (Phi) is 9.04. The Hall–Kier alpha value is -2.84. The van der Waals surface area contributed by atoms with Gasteiger partial charge in [-0.05, 0) is 68.8 Å². The molecule has 0 unspecified atom stereocenters. The lowest BCUT2D eigenvalue weighted by atomic mass is 9.99. The zero-order valence-electron chi connectivity index (χ0n) is 16.4. The van der Waals surface area contributed by atoms with Crippen LogP contribution in [0.1, 0.15) is 38.3 Å². The van der Waals surface area contributed by atoms with Crippen molar-refractivity contribution in [2.75, 3.05) is 13.6 Å². The van der Waals surface area contributed by atoms with Gasteiger partial charge in [0.05, 0.1) is 17.2 Å². The van der Waals surface area contributed by atoms with E-state index >= 15 is 0 Å². The topological polar surface area (TPSA) is 68.1 Å². The van der Waals surface area contributed by atoms with Crippen molar-refractivity contribution in [1.29, 1.82) is 5.26 Å². The molecule has 3 N–H and O–H groups in total. The average Bonchev–Trinajstić information content (AvgIpc) is 2.62. The number of nitriles is 1. The zero-order chi connectivity index (χ0) is 20.3. The number of nitrogens with one attached hydrogen (secondary N) is 2. The summed E-state index contributed by atoms with van der Waals surface area (Å²) in [4.78, 5) is 0. The lowest BCUT2D eigenvalue weighted by Crippen LogP contribution is -2.18. The van der Waals surface area contributed by atoms with E-state index in [1.807, 2.05) is 37.3 Å². The minimum absolute atomic E-state index is 0.292. The van der Waals surface area contributed by atoms with Crippen LogP contribution in [0.4, 0.5) is 4.39 Å². The van der Waals surface area contributed by atoms with Crippen LogP contribution < -0.4 is 10.6 Å². The molecule has 1 rings (SSSR count). The molecule has 0 bridgehead atoms. The third-order valence-corrected chi connectivity index (χ3v) is 3.72. The summed E-state index contributed by atoms with van der Waals surface area (Å²) >= 11 is 0. The summed E-state index contributed by atoms with van der Waals surface area (Å²) in [6.45, 7) is 5.89. The number of nitrogens with zero attached hydrogens (tertiary/aromatic N) is 1. The van der Waals surface area contributed by atoms with Crippen molar-refractivity contribution < 1.29 is 9.50 Å². The van der Waals surface area contributed by atoms with Gasteiger partial charge in [-0.2, -0.15) is 5.26 Å². The van der Waals surface area contributed by atoms with Gasteiger partial charge in [-0.1, -0.05) is 24.3 Å². The maximum absolute atomic E-state index is 13.5. The molecule has 5 heteroatoms. The molecule has 0 amide bonds. The van der Waals surface area contributed by atoms with E-state index in [1.165, 1.54) is 12.1 Å². The summed E-state index contributed by atoms with van der Waals surface area (Å²) in [5, 5.41) is 25.4. The van der Waals surface area contributed by atoms with Gasteiger partial charge < -0.3 is 15.7 Å². The summed E-state index contributed by atoms with van der Waals surface area (Å²) < 4.78 is 13.5. The van der Waals surface area contributed by atoms with E-state index in [1.54, 1.807) is 33.2 Å². The van der Waals surface area contributed by atoms with Crippen molar-refractivity contribution in [3.05, 3.63) is 77.4 Å². The maximum atomic E-state index is 13.5. The van der Waals surface area contributed by atoms with E-state index in [9.17, 15) is 14.8 Å². The number of halogens is 1. The Morgan fingerprint density at radius 2 is 2.11 bits per heavy atom. The van der Waals surface area contributed by atoms with Gasteiger partial charge in [-0.15, -0.1) is 0 Å². The Morgan fingerprint density at radius 1 is 1.37 bits per heavy atom. The molecule has 0 aliphatic rings. The standard InChI is InChI=1S/C22H28FN3O/c1-5-20(9-6-12-22(2,3)27)26-16-17(8-7-13-25-4)21-11-10-19(23)14-18(21)15-24/h5-11,13-14,25-27H,12,16H2,1-4H3/b9-6-,13-7-,17-8-,20-5+. The first-order valence-electron chi connectivity index (χ1n) is 8.83. The summed E-state index contributed by atoms with van der Waals surface area (Å²) in [6.07, 6.45) is 11.8. The van der Waals surface area contributed by atoms with Crippen molar-refractivity contribution in [3.8, 4) is 6.07 Å². The van der Waals surface area contributed by atoms with Crippen LogP contribution in [0.3, 0.4) is 0 Å². The SMILES string of the molecule is C/C=C(\C=C/CC(C)(C)O)NC/C(=C/C=C\NC)c1ccc(F)cc1C#N. The van der Waals surface area contributed by atoms with Gasteiger partial charge in [0.15, 0.2) is 0 Å². The Labute approximate surface area is 161 Å².